The molecule has 17 heavy (non-hydrogen) atoms. The highest BCUT2D eigenvalue weighted by atomic mass is 16.1. The first kappa shape index (κ1) is 13.7. The van der Waals surface area contributed by atoms with Gasteiger partial charge in [-0.05, 0) is 24.0 Å². The predicted molar refractivity (Wildman–Crippen MR) is 70.6 cm³/mol. The maximum Gasteiger partial charge on any atom is 0.218 e. The molecule has 0 spiro atoms. The molecular formula is C14H22N2O. The Morgan fingerprint density at radius 2 is 1.82 bits per heavy atom. The summed E-state index contributed by atoms with van der Waals surface area (Å²) >= 11 is 0. The lowest BCUT2D eigenvalue weighted by atomic mass is 10.0. The van der Waals surface area contributed by atoms with Crippen LogP contribution in [0.25, 0.3) is 0 Å². The molecule has 0 saturated heterocycles. The maximum atomic E-state index is 10.7. The lowest BCUT2D eigenvalue weighted by Gasteiger charge is -2.12. The Hall–Kier alpha value is -1.35. The molecule has 1 aromatic rings. The molecule has 3 nitrogen and oxygen atoms in total. The van der Waals surface area contributed by atoms with Crippen molar-refractivity contribution < 1.29 is 4.79 Å². The van der Waals surface area contributed by atoms with Crippen LogP contribution in [0.3, 0.4) is 0 Å². The second-order valence-corrected chi connectivity index (χ2v) is 4.85. The third-order valence-corrected chi connectivity index (χ3v) is 2.81. The van der Waals surface area contributed by atoms with Crippen molar-refractivity contribution in [2.45, 2.75) is 45.7 Å². The summed E-state index contributed by atoms with van der Waals surface area (Å²) in [6.07, 6.45) is 0.379. The van der Waals surface area contributed by atoms with E-state index in [1.165, 1.54) is 11.1 Å². The van der Waals surface area contributed by atoms with Gasteiger partial charge >= 0.3 is 0 Å². The molecule has 3 N–H and O–H groups in total. The van der Waals surface area contributed by atoms with Crippen LogP contribution < -0.4 is 11.1 Å². The van der Waals surface area contributed by atoms with Gasteiger partial charge in [-0.1, -0.05) is 38.1 Å². The number of primary amides is 1. The van der Waals surface area contributed by atoms with Crippen molar-refractivity contribution in [1.29, 1.82) is 0 Å². The summed E-state index contributed by atoms with van der Waals surface area (Å²) in [5.74, 6) is 0.297. The minimum absolute atomic E-state index is 0.122. The van der Waals surface area contributed by atoms with E-state index in [1.54, 1.807) is 0 Å². The summed E-state index contributed by atoms with van der Waals surface area (Å²) < 4.78 is 0. The van der Waals surface area contributed by atoms with Crippen molar-refractivity contribution >= 4 is 5.91 Å². The van der Waals surface area contributed by atoms with Crippen LogP contribution in [0.4, 0.5) is 0 Å². The van der Waals surface area contributed by atoms with E-state index in [4.69, 9.17) is 5.73 Å². The standard InChI is InChI=1S/C14H22N2O/c1-10(2)13-6-4-12(5-7-13)9-16-11(3)8-14(15)17/h4-7,10-11,16H,8-9H2,1-3H3,(H2,15,17)/t11-/m1/s1. The molecule has 1 amide bonds. The van der Waals surface area contributed by atoms with Crippen molar-refractivity contribution in [1.82, 2.24) is 5.32 Å². The van der Waals surface area contributed by atoms with Gasteiger partial charge in [0.05, 0.1) is 0 Å². The number of carbonyl (C=O) groups is 1. The second-order valence-electron chi connectivity index (χ2n) is 4.85. The van der Waals surface area contributed by atoms with Crippen molar-refractivity contribution in [2.24, 2.45) is 5.73 Å². The summed E-state index contributed by atoms with van der Waals surface area (Å²) in [4.78, 5) is 10.7. The zero-order valence-electron chi connectivity index (χ0n) is 10.9. The molecule has 0 heterocycles. The fraction of sp³-hybridized carbons (Fsp3) is 0.500. The lowest BCUT2D eigenvalue weighted by molar-refractivity contribution is -0.118. The number of nitrogens with two attached hydrogens (primary N) is 1. The first-order valence-electron chi connectivity index (χ1n) is 6.09. The molecule has 0 aliphatic carbocycles. The summed E-state index contributed by atoms with van der Waals surface area (Å²) in [5, 5.41) is 3.28. The Balaban J connectivity index is 2.44. The van der Waals surface area contributed by atoms with E-state index in [2.05, 4.69) is 43.4 Å². The van der Waals surface area contributed by atoms with Crippen molar-refractivity contribution in [2.75, 3.05) is 0 Å². The fourth-order valence-electron chi connectivity index (χ4n) is 1.69. The zero-order valence-corrected chi connectivity index (χ0v) is 10.9. The van der Waals surface area contributed by atoms with E-state index in [9.17, 15) is 4.79 Å². The summed E-state index contributed by atoms with van der Waals surface area (Å²) in [6.45, 7) is 7.10. The molecule has 0 aliphatic rings. The van der Waals surface area contributed by atoms with Crippen LogP contribution in [-0.2, 0) is 11.3 Å². The van der Waals surface area contributed by atoms with E-state index >= 15 is 0 Å². The van der Waals surface area contributed by atoms with Crippen LogP contribution in [-0.4, -0.2) is 11.9 Å². The van der Waals surface area contributed by atoms with Gasteiger partial charge in [0.15, 0.2) is 0 Å². The third kappa shape index (κ3) is 5.00. The Bertz CT molecular complexity index is 357. The molecule has 0 aromatic heterocycles. The molecule has 1 aromatic carbocycles. The van der Waals surface area contributed by atoms with E-state index in [0.29, 0.717) is 12.3 Å². The molecule has 0 saturated carbocycles. The number of amides is 1. The van der Waals surface area contributed by atoms with Crippen LogP contribution in [0.15, 0.2) is 24.3 Å². The van der Waals surface area contributed by atoms with Crippen molar-refractivity contribution in [3.05, 3.63) is 35.4 Å². The summed E-state index contributed by atoms with van der Waals surface area (Å²) in [6, 6.07) is 8.68. The van der Waals surface area contributed by atoms with Gasteiger partial charge < -0.3 is 11.1 Å². The smallest absolute Gasteiger partial charge is 0.218 e. The van der Waals surface area contributed by atoms with E-state index in [0.717, 1.165) is 6.54 Å². The second kappa shape index (κ2) is 6.40. The minimum Gasteiger partial charge on any atom is -0.370 e. The molecule has 3 heteroatoms. The van der Waals surface area contributed by atoms with Gasteiger partial charge in [0.25, 0.3) is 0 Å². The highest BCUT2D eigenvalue weighted by molar-refractivity contribution is 5.74. The predicted octanol–water partition coefficient (Wildman–Crippen LogP) is 2.16. The van der Waals surface area contributed by atoms with Crippen LogP contribution in [0.5, 0.6) is 0 Å². The third-order valence-electron chi connectivity index (χ3n) is 2.81. The number of nitrogens with one attached hydrogen (secondary N) is 1. The van der Waals surface area contributed by atoms with Gasteiger partial charge in [0.1, 0.15) is 0 Å². The Morgan fingerprint density at radius 1 is 1.24 bits per heavy atom. The van der Waals surface area contributed by atoms with Crippen molar-refractivity contribution in [3.63, 3.8) is 0 Å². The quantitative estimate of drug-likeness (QED) is 0.792. The number of carbonyl (C=O) groups excluding carboxylic acids is 1. The highest BCUT2D eigenvalue weighted by Gasteiger charge is 2.05. The lowest BCUT2D eigenvalue weighted by Crippen LogP contribution is -2.30. The SMILES string of the molecule is CC(C)c1ccc(CN[C@H](C)CC(N)=O)cc1. The first-order chi connectivity index (χ1) is 7.99. The minimum atomic E-state index is -0.264. The van der Waals surface area contributed by atoms with Crippen LogP contribution in [0.2, 0.25) is 0 Å². The Kier molecular flexibility index (Phi) is 5.16. The molecule has 0 aliphatic heterocycles. The summed E-state index contributed by atoms with van der Waals surface area (Å²) in [7, 11) is 0. The number of rotatable bonds is 6. The zero-order chi connectivity index (χ0) is 12.8. The van der Waals surface area contributed by atoms with Gasteiger partial charge in [-0.25, -0.2) is 0 Å². The van der Waals surface area contributed by atoms with Crippen LogP contribution >= 0.6 is 0 Å². The maximum absolute atomic E-state index is 10.7. The Labute approximate surface area is 103 Å². The highest BCUT2D eigenvalue weighted by Crippen LogP contribution is 2.14. The Morgan fingerprint density at radius 3 is 2.29 bits per heavy atom. The average molecular weight is 234 g/mol. The molecule has 1 atom stereocenters. The summed E-state index contributed by atoms with van der Waals surface area (Å²) in [5.41, 5.74) is 7.71. The van der Waals surface area contributed by atoms with Gasteiger partial charge in [-0.15, -0.1) is 0 Å². The molecule has 0 bridgehead atoms. The number of hydrogen-bond donors (Lipinski definition) is 2. The topological polar surface area (TPSA) is 55.1 Å². The fourth-order valence-corrected chi connectivity index (χ4v) is 1.69. The van der Waals surface area contributed by atoms with E-state index in [1.807, 2.05) is 6.92 Å². The van der Waals surface area contributed by atoms with Gasteiger partial charge in [-0.3, -0.25) is 4.79 Å². The molecule has 0 fully saturated rings. The molecule has 0 radical (unpaired) electrons. The van der Waals surface area contributed by atoms with E-state index < -0.39 is 0 Å². The molecule has 0 unspecified atom stereocenters. The van der Waals surface area contributed by atoms with Gasteiger partial charge in [0, 0.05) is 19.0 Å². The molecule has 1 rings (SSSR count). The normalized spacial score (nSPS) is 12.7. The number of benzene rings is 1. The average Bonchev–Trinajstić information content (AvgIpc) is 2.26. The monoisotopic (exact) mass is 234 g/mol. The van der Waals surface area contributed by atoms with Gasteiger partial charge in [0.2, 0.25) is 5.91 Å². The first-order valence-corrected chi connectivity index (χ1v) is 6.09. The largest absolute Gasteiger partial charge is 0.370 e. The molecular weight excluding hydrogens is 212 g/mol. The van der Waals surface area contributed by atoms with Crippen molar-refractivity contribution in [3.8, 4) is 0 Å². The van der Waals surface area contributed by atoms with Gasteiger partial charge in [-0.2, -0.15) is 0 Å². The number of hydrogen-bond acceptors (Lipinski definition) is 2. The molecule has 94 valence electrons. The van der Waals surface area contributed by atoms with E-state index in [-0.39, 0.29) is 11.9 Å². The van der Waals surface area contributed by atoms with Crippen LogP contribution in [0, 0.1) is 0 Å². The van der Waals surface area contributed by atoms with Crippen LogP contribution in [0.1, 0.15) is 44.2 Å².